The number of aliphatic hydroxyl groups is 2. The van der Waals surface area contributed by atoms with Crippen LogP contribution in [-0.2, 0) is 31.8 Å². The number of carbonyl (C=O) groups excluding carboxylic acids is 2. The van der Waals surface area contributed by atoms with Crippen molar-refractivity contribution in [1.82, 2.24) is 0 Å². The second kappa shape index (κ2) is 12.0. The molecule has 0 fully saturated rings. The van der Waals surface area contributed by atoms with E-state index in [1.165, 1.54) is 0 Å². The maximum atomic E-state index is 12.9. The number of ether oxygens (including phenoxy) is 4. The molecule has 0 saturated heterocycles. The van der Waals surface area contributed by atoms with Crippen LogP contribution in [0.1, 0.15) is 71.4 Å². The van der Waals surface area contributed by atoms with E-state index in [-0.39, 0.29) is 26.4 Å². The Labute approximate surface area is 177 Å². The molecule has 0 unspecified atom stereocenters. The molecule has 1 aromatic rings. The number of rotatable bonds is 13. The Bertz CT molecular complexity index is 666. The zero-order valence-corrected chi connectivity index (χ0v) is 17.8. The Morgan fingerprint density at radius 2 is 1.37 bits per heavy atom. The van der Waals surface area contributed by atoms with Crippen LogP contribution in [-0.4, -0.2) is 61.2 Å². The van der Waals surface area contributed by atoms with E-state index in [9.17, 15) is 14.7 Å². The molecule has 0 aliphatic carbocycles. The molecule has 8 heteroatoms. The fourth-order valence-corrected chi connectivity index (χ4v) is 3.32. The molecule has 8 nitrogen and oxygen atoms in total. The van der Waals surface area contributed by atoms with E-state index in [2.05, 4.69) is 13.8 Å². The molecule has 30 heavy (non-hydrogen) atoms. The predicted octanol–water partition coefficient (Wildman–Crippen LogP) is 2.37. The normalized spacial score (nSPS) is 15.3. The minimum atomic E-state index is -2.54. The van der Waals surface area contributed by atoms with Gasteiger partial charge in [0.2, 0.25) is 0 Å². The van der Waals surface area contributed by atoms with Crippen molar-refractivity contribution in [2.24, 2.45) is 0 Å². The zero-order valence-electron chi connectivity index (χ0n) is 17.8. The molecular weight excluding hydrogens is 392 g/mol. The van der Waals surface area contributed by atoms with Crippen LogP contribution in [0.5, 0.6) is 0 Å². The summed E-state index contributed by atoms with van der Waals surface area (Å²) in [6.07, 6.45) is 4.87. The minimum absolute atomic E-state index is 0.0601. The summed E-state index contributed by atoms with van der Waals surface area (Å²) in [6, 6.07) is 3.13. The average molecular weight is 424 g/mol. The number of fused-ring (bicyclic) bond motifs is 6. The van der Waals surface area contributed by atoms with E-state index < -0.39 is 24.5 Å². The topological polar surface area (TPSA) is 112 Å². The van der Waals surface area contributed by atoms with Gasteiger partial charge in [0.25, 0.3) is 0 Å². The highest BCUT2D eigenvalue weighted by Crippen LogP contribution is 2.29. The molecule has 0 atom stereocenters. The summed E-state index contributed by atoms with van der Waals surface area (Å²) in [5, 5.41) is 19.3. The molecule has 168 valence electrons. The highest BCUT2D eigenvalue weighted by Gasteiger charge is 2.41. The van der Waals surface area contributed by atoms with Crippen LogP contribution in [0.2, 0.25) is 0 Å². The van der Waals surface area contributed by atoms with Gasteiger partial charge in [-0.25, -0.2) is 9.59 Å². The van der Waals surface area contributed by atoms with Crippen molar-refractivity contribution in [2.75, 3.05) is 33.0 Å². The third-order valence-corrected chi connectivity index (χ3v) is 4.83. The maximum Gasteiger partial charge on any atom is 0.398 e. The lowest BCUT2D eigenvalue weighted by Crippen LogP contribution is -2.44. The van der Waals surface area contributed by atoms with E-state index >= 15 is 0 Å². The predicted molar refractivity (Wildman–Crippen MR) is 108 cm³/mol. The van der Waals surface area contributed by atoms with E-state index in [4.69, 9.17) is 24.1 Å². The van der Waals surface area contributed by atoms with Gasteiger partial charge in [-0.15, -0.1) is 0 Å². The summed E-state index contributed by atoms with van der Waals surface area (Å²) in [6.45, 7) is 3.83. The number of aliphatic hydroxyl groups excluding tert-OH is 1. The van der Waals surface area contributed by atoms with Crippen LogP contribution in [0.15, 0.2) is 12.1 Å². The van der Waals surface area contributed by atoms with E-state index in [0.717, 1.165) is 36.8 Å². The lowest BCUT2D eigenvalue weighted by Gasteiger charge is -2.25. The highest BCUT2D eigenvalue weighted by molar-refractivity contribution is 5.97. The van der Waals surface area contributed by atoms with Gasteiger partial charge >= 0.3 is 17.9 Å². The summed E-state index contributed by atoms with van der Waals surface area (Å²) in [5.41, 5.74) is 2.24. The molecule has 0 saturated carbocycles. The summed E-state index contributed by atoms with van der Waals surface area (Å²) >= 11 is 0. The summed E-state index contributed by atoms with van der Waals surface area (Å²) in [5.74, 6) is -4.06. The highest BCUT2D eigenvalue weighted by atomic mass is 16.9. The Balaban J connectivity index is 2.26. The summed E-state index contributed by atoms with van der Waals surface area (Å²) < 4.78 is 20.7. The van der Waals surface area contributed by atoms with Crippen LogP contribution < -0.4 is 0 Å². The molecule has 2 heterocycles. The first-order valence-electron chi connectivity index (χ1n) is 10.6. The SMILES string of the molecule is CCCCc1c2ccc(c1CCCC)C(=O)OC(O)(COCCOCCO)OC2=O. The molecule has 3 rings (SSSR count). The molecule has 1 aromatic carbocycles. The molecule has 0 aromatic heterocycles. The smallest absolute Gasteiger partial charge is 0.394 e. The van der Waals surface area contributed by atoms with E-state index in [1.807, 2.05) is 0 Å². The van der Waals surface area contributed by atoms with Gasteiger partial charge in [-0.05, 0) is 48.9 Å². The van der Waals surface area contributed by atoms with Gasteiger partial charge in [-0.1, -0.05) is 26.7 Å². The molecule has 2 N–H and O–H groups in total. The van der Waals surface area contributed by atoms with Gasteiger partial charge in [-0.3, -0.25) is 0 Å². The fraction of sp³-hybridized carbons (Fsp3) is 0.636. The van der Waals surface area contributed by atoms with Crippen molar-refractivity contribution in [3.05, 3.63) is 34.4 Å². The van der Waals surface area contributed by atoms with Crippen molar-refractivity contribution in [2.45, 2.75) is 58.3 Å². The first kappa shape index (κ1) is 24.3. The van der Waals surface area contributed by atoms with Crippen LogP contribution in [0.4, 0.5) is 0 Å². The quantitative estimate of drug-likeness (QED) is 0.367. The standard InChI is InChI=1S/C22H32O8/c1-3-5-7-16-17(8-6-4-2)19-10-9-18(16)20(24)29-22(26,30-21(19)25)15-28-14-13-27-12-11-23/h9-10,23,26H,3-8,11-15H2,1-2H3. The van der Waals surface area contributed by atoms with Gasteiger partial charge in [0.1, 0.15) is 0 Å². The molecular formula is C22H32O8. The van der Waals surface area contributed by atoms with Crippen molar-refractivity contribution < 1.29 is 38.7 Å². The van der Waals surface area contributed by atoms with Gasteiger partial charge < -0.3 is 29.2 Å². The molecule has 2 aliphatic rings. The molecule has 0 amide bonds. The lowest BCUT2D eigenvalue weighted by molar-refractivity contribution is -0.324. The fourth-order valence-electron chi connectivity index (χ4n) is 3.32. The lowest BCUT2D eigenvalue weighted by atomic mass is 9.89. The average Bonchev–Trinajstić information content (AvgIpc) is 2.78. The van der Waals surface area contributed by atoms with Crippen LogP contribution >= 0.6 is 0 Å². The monoisotopic (exact) mass is 424 g/mol. The maximum absolute atomic E-state index is 12.9. The Kier molecular flexibility index (Phi) is 9.71. The number of benzene rings is 1. The van der Waals surface area contributed by atoms with Gasteiger partial charge in [0.05, 0.1) is 37.6 Å². The second-order valence-electron chi connectivity index (χ2n) is 7.21. The Hall–Kier alpha value is -2.00. The molecule has 0 radical (unpaired) electrons. The molecule has 0 spiro atoms. The van der Waals surface area contributed by atoms with Crippen molar-refractivity contribution >= 4 is 11.9 Å². The minimum Gasteiger partial charge on any atom is -0.394 e. The van der Waals surface area contributed by atoms with Crippen LogP contribution in [0.25, 0.3) is 0 Å². The summed E-state index contributed by atoms with van der Waals surface area (Å²) in [4.78, 5) is 25.7. The van der Waals surface area contributed by atoms with E-state index in [0.29, 0.717) is 24.0 Å². The van der Waals surface area contributed by atoms with Crippen LogP contribution in [0, 0.1) is 0 Å². The number of carbonyl (C=O) groups is 2. The third kappa shape index (κ3) is 6.50. The number of esters is 2. The number of unbranched alkanes of at least 4 members (excludes halogenated alkanes) is 2. The van der Waals surface area contributed by atoms with Gasteiger partial charge in [0.15, 0.2) is 6.61 Å². The molecule has 2 bridgehead atoms. The van der Waals surface area contributed by atoms with Gasteiger partial charge in [0, 0.05) is 0 Å². The van der Waals surface area contributed by atoms with Crippen molar-refractivity contribution in [1.29, 1.82) is 0 Å². The van der Waals surface area contributed by atoms with Crippen LogP contribution in [0.3, 0.4) is 0 Å². The first-order chi connectivity index (χ1) is 14.5. The molecule has 2 aliphatic heterocycles. The number of hydrogen-bond acceptors (Lipinski definition) is 8. The largest absolute Gasteiger partial charge is 0.398 e. The summed E-state index contributed by atoms with van der Waals surface area (Å²) in [7, 11) is 0. The van der Waals surface area contributed by atoms with E-state index in [1.54, 1.807) is 12.1 Å². The third-order valence-electron chi connectivity index (χ3n) is 4.83. The van der Waals surface area contributed by atoms with Gasteiger partial charge in [-0.2, -0.15) is 0 Å². The number of hydrogen-bond donors (Lipinski definition) is 2. The first-order valence-corrected chi connectivity index (χ1v) is 10.6. The second-order valence-corrected chi connectivity index (χ2v) is 7.21. The Morgan fingerprint density at radius 1 is 0.867 bits per heavy atom. The Morgan fingerprint density at radius 3 is 1.83 bits per heavy atom. The van der Waals surface area contributed by atoms with Crippen molar-refractivity contribution in [3.8, 4) is 0 Å². The zero-order chi connectivity index (χ0) is 22.0. The van der Waals surface area contributed by atoms with Crippen molar-refractivity contribution in [3.63, 3.8) is 0 Å².